The highest BCUT2D eigenvalue weighted by atomic mass is 32.1. The maximum absolute atomic E-state index is 5.47. The molecule has 0 atom stereocenters. The van der Waals surface area contributed by atoms with Crippen LogP contribution in [0.5, 0.6) is 0 Å². The number of nitrogens with zero attached hydrogens (tertiary/aromatic N) is 1. The van der Waals surface area contributed by atoms with E-state index >= 15 is 0 Å². The molecule has 0 bridgehead atoms. The van der Waals surface area contributed by atoms with Crippen LogP contribution < -0.4 is 0 Å². The van der Waals surface area contributed by atoms with Gasteiger partial charge in [-0.15, -0.1) is 0 Å². The summed E-state index contributed by atoms with van der Waals surface area (Å²) in [5.41, 5.74) is 3.11. The molecule has 0 N–H and O–H groups in total. The molecule has 0 spiro atoms. The number of hydrogen-bond acceptors (Lipinski definition) is 1. The van der Waals surface area contributed by atoms with Gasteiger partial charge in [0.2, 0.25) is 0 Å². The Morgan fingerprint density at radius 3 is 2.50 bits per heavy atom. The van der Waals surface area contributed by atoms with E-state index in [9.17, 15) is 0 Å². The number of para-hydroxylation sites is 1. The van der Waals surface area contributed by atoms with Crippen LogP contribution >= 0.6 is 12.2 Å². The fourth-order valence-electron chi connectivity index (χ4n) is 1.97. The lowest BCUT2D eigenvalue weighted by atomic mass is 10.1. The first-order valence-electron chi connectivity index (χ1n) is 5.07. The number of aryl methyl sites for hydroxylation is 1. The molecule has 0 radical (unpaired) electrons. The Balaban J connectivity index is 3.11. The third kappa shape index (κ3) is 1.42. The average molecular weight is 227 g/mol. The van der Waals surface area contributed by atoms with Gasteiger partial charge in [0.05, 0.1) is 4.51 Å². The van der Waals surface area contributed by atoms with Crippen molar-refractivity contribution in [2.45, 2.75) is 0 Å². The zero-order valence-electron chi connectivity index (χ0n) is 9.23. The van der Waals surface area contributed by atoms with Crippen molar-refractivity contribution < 1.29 is 0 Å². The van der Waals surface area contributed by atoms with Gasteiger partial charge < -0.3 is 4.57 Å². The molecule has 0 saturated carbocycles. The lowest BCUT2D eigenvalue weighted by Crippen LogP contribution is -2.01. The van der Waals surface area contributed by atoms with Crippen LogP contribution in [0.4, 0.5) is 0 Å². The number of benzene rings is 1. The van der Waals surface area contributed by atoms with Gasteiger partial charge in [-0.1, -0.05) is 49.7 Å². The Morgan fingerprint density at radius 1 is 1.19 bits per heavy atom. The molecule has 0 aliphatic carbocycles. The minimum Gasteiger partial charge on any atom is -0.344 e. The molecular weight excluding hydrogens is 214 g/mol. The third-order valence-corrected chi connectivity index (χ3v) is 3.23. The van der Waals surface area contributed by atoms with E-state index in [0.717, 1.165) is 26.7 Å². The van der Waals surface area contributed by atoms with Crippen molar-refractivity contribution in [2.24, 2.45) is 7.05 Å². The van der Waals surface area contributed by atoms with Gasteiger partial charge in [0.25, 0.3) is 0 Å². The van der Waals surface area contributed by atoms with Gasteiger partial charge in [-0.05, 0) is 12.1 Å². The summed E-state index contributed by atoms with van der Waals surface area (Å²) in [5, 5.41) is 1.08. The molecule has 1 heterocycles. The van der Waals surface area contributed by atoms with Gasteiger partial charge in [0.15, 0.2) is 0 Å². The van der Waals surface area contributed by atoms with Crippen molar-refractivity contribution >= 4 is 35.3 Å². The van der Waals surface area contributed by atoms with E-state index in [-0.39, 0.29) is 0 Å². The van der Waals surface area contributed by atoms with E-state index in [1.54, 1.807) is 6.08 Å². The molecular formula is C14H13NS. The average Bonchev–Trinajstić information content (AvgIpc) is 2.33. The van der Waals surface area contributed by atoms with E-state index < -0.39 is 0 Å². The fourth-order valence-corrected chi connectivity index (χ4v) is 2.33. The quantitative estimate of drug-likeness (QED) is 0.696. The van der Waals surface area contributed by atoms with E-state index in [2.05, 4.69) is 23.8 Å². The normalized spacial score (nSPS) is 10.3. The van der Waals surface area contributed by atoms with Crippen LogP contribution in [0.3, 0.4) is 0 Å². The van der Waals surface area contributed by atoms with Crippen LogP contribution in [0.15, 0.2) is 37.4 Å². The van der Waals surface area contributed by atoms with Gasteiger partial charge in [-0.25, -0.2) is 0 Å². The molecule has 1 nitrogen and oxygen atoms in total. The Hall–Kier alpha value is -1.67. The number of aromatic nitrogens is 1. The molecule has 1 aromatic heterocycles. The largest absolute Gasteiger partial charge is 0.344 e. The first-order chi connectivity index (χ1) is 7.70. The standard InChI is InChI=1S/C14H13NS/c1-4-10-12(5-2)15(3)13-9-7-6-8-11(13)14(10)16/h4-9H,1-2H2,3H3. The summed E-state index contributed by atoms with van der Waals surface area (Å²) in [6, 6.07) is 8.11. The maximum Gasteiger partial charge on any atom is 0.0563 e. The molecule has 2 heteroatoms. The van der Waals surface area contributed by atoms with Gasteiger partial charge >= 0.3 is 0 Å². The highest BCUT2D eigenvalue weighted by Gasteiger charge is 2.07. The lowest BCUT2D eigenvalue weighted by Gasteiger charge is -2.13. The van der Waals surface area contributed by atoms with Crippen LogP contribution in [0, 0.1) is 4.51 Å². The minimum absolute atomic E-state index is 0.846. The monoisotopic (exact) mass is 227 g/mol. The van der Waals surface area contributed by atoms with E-state index in [1.807, 2.05) is 31.3 Å². The van der Waals surface area contributed by atoms with Crippen LogP contribution in [0.1, 0.15) is 11.3 Å². The number of rotatable bonds is 2. The van der Waals surface area contributed by atoms with E-state index in [1.165, 1.54) is 0 Å². The molecule has 0 saturated heterocycles. The molecule has 16 heavy (non-hydrogen) atoms. The molecule has 0 fully saturated rings. The van der Waals surface area contributed by atoms with Crippen LogP contribution in [-0.2, 0) is 7.05 Å². The molecule has 0 aliphatic rings. The molecule has 2 rings (SSSR count). The molecule has 2 aromatic rings. The van der Waals surface area contributed by atoms with Crippen molar-refractivity contribution in [2.75, 3.05) is 0 Å². The second-order valence-corrected chi connectivity index (χ2v) is 4.02. The van der Waals surface area contributed by atoms with Gasteiger partial charge in [0, 0.05) is 29.2 Å². The topological polar surface area (TPSA) is 4.93 Å². The molecule has 1 aromatic carbocycles. The Bertz CT molecular complexity index is 635. The van der Waals surface area contributed by atoms with Crippen molar-refractivity contribution in [3.63, 3.8) is 0 Å². The van der Waals surface area contributed by atoms with Gasteiger partial charge in [-0.3, -0.25) is 0 Å². The highest BCUT2D eigenvalue weighted by Crippen LogP contribution is 2.23. The summed E-state index contributed by atoms with van der Waals surface area (Å²) in [5.74, 6) is 0. The summed E-state index contributed by atoms with van der Waals surface area (Å²) in [6.07, 6.45) is 3.62. The third-order valence-electron chi connectivity index (χ3n) is 2.79. The van der Waals surface area contributed by atoms with Crippen molar-refractivity contribution in [3.8, 4) is 0 Å². The summed E-state index contributed by atoms with van der Waals surface area (Å²) in [6.45, 7) is 7.65. The van der Waals surface area contributed by atoms with Crippen LogP contribution in [-0.4, -0.2) is 4.57 Å². The predicted octanol–water partition coefficient (Wildman–Crippen LogP) is 4.19. The van der Waals surface area contributed by atoms with Crippen LogP contribution in [0.2, 0.25) is 0 Å². The second-order valence-electron chi connectivity index (χ2n) is 3.61. The van der Waals surface area contributed by atoms with Gasteiger partial charge in [0.1, 0.15) is 0 Å². The van der Waals surface area contributed by atoms with Crippen molar-refractivity contribution in [1.82, 2.24) is 4.57 Å². The minimum atomic E-state index is 0.846. The van der Waals surface area contributed by atoms with E-state index in [0.29, 0.717) is 0 Å². The smallest absolute Gasteiger partial charge is 0.0563 e. The molecule has 0 aliphatic heterocycles. The number of pyridine rings is 1. The Labute approximate surface area is 100 Å². The molecule has 80 valence electrons. The zero-order valence-corrected chi connectivity index (χ0v) is 10.1. The van der Waals surface area contributed by atoms with Crippen LogP contribution in [0.25, 0.3) is 23.1 Å². The van der Waals surface area contributed by atoms with Crippen molar-refractivity contribution in [3.05, 3.63) is 53.2 Å². The Morgan fingerprint density at radius 2 is 1.88 bits per heavy atom. The predicted molar refractivity (Wildman–Crippen MR) is 73.9 cm³/mol. The zero-order chi connectivity index (χ0) is 11.7. The van der Waals surface area contributed by atoms with Gasteiger partial charge in [-0.2, -0.15) is 0 Å². The summed E-state index contributed by atoms with van der Waals surface area (Å²) < 4.78 is 2.94. The first kappa shape index (κ1) is 10.8. The summed E-state index contributed by atoms with van der Waals surface area (Å²) in [7, 11) is 2.02. The summed E-state index contributed by atoms with van der Waals surface area (Å²) >= 11 is 5.47. The lowest BCUT2D eigenvalue weighted by molar-refractivity contribution is 0.934. The second kappa shape index (κ2) is 4.06. The first-order valence-corrected chi connectivity index (χ1v) is 5.48. The Kier molecular flexibility index (Phi) is 2.75. The fraction of sp³-hybridized carbons (Fsp3) is 0.0714. The number of hydrogen-bond donors (Lipinski definition) is 0. The molecule has 0 amide bonds. The molecule has 0 unspecified atom stereocenters. The maximum atomic E-state index is 5.47. The highest BCUT2D eigenvalue weighted by molar-refractivity contribution is 7.71. The number of fused-ring (bicyclic) bond motifs is 1. The SMILES string of the molecule is C=Cc1c(C=C)n(C)c2ccccc2c1=S. The van der Waals surface area contributed by atoms with E-state index in [4.69, 9.17) is 12.2 Å². The summed E-state index contributed by atoms with van der Waals surface area (Å²) in [4.78, 5) is 0. The van der Waals surface area contributed by atoms with Crippen molar-refractivity contribution in [1.29, 1.82) is 0 Å².